The molecule has 2 aromatic carbocycles. The van der Waals surface area contributed by atoms with E-state index < -0.39 is 0 Å². The number of hydrogen-bond donors (Lipinski definition) is 0. The quantitative estimate of drug-likeness (QED) is 0.513. The number of aromatic nitrogens is 3. The summed E-state index contributed by atoms with van der Waals surface area (Å²) in [6.07, 6.45) is 7.40. The molecule has 23 heavy (non-hydrogen) atoms. The minimum Gasteiger partial charge on any atom is -0.306 e. The predicted octanol–water partition coefficient (Wildman–Crippen LogP) is 5.22. The Hall–Kier alpha value is -2.43. The highest BCUT2D eigenvalue weighted by Crippen LogP contribution is 2.30. The van der Waals surface area contributed by atoms with Gasteiger partial charge >= 0.3 is 0 Å². The van der Waals surface area contributed by atoms with E-state index in [0.29, 0.717) is 5.03 Å². The maximum Gasteiger partial charge on any atom is 0.136 e. The molecule has 0 amide bonds. The first kappa shape index (κ1) is 14.2. The van der Waals surface area contributed by atoms with Crippen molar-refractivity contribution in [3.63, 3.8) is 0 Å². The van der Waals surface area contributed by atoms with Crippen LogP contribution in [0.4, 0.5) is 0 Å². The molecule has 2 aromatic heterocycles. The fourth-order valence-electron chi connectivity index (χ4n) is 2.34. The Kier molecular flexibility index (Phi) is 3.69. The molecule has 112 valence electrons. The van der Waals surface area contributed by atoms with E-state index in [1.165, 1.54) is 0 Å². The van der Waals surface area contributed by atoms with Crippen LogP contribution in [0.5, 0.6) is 0 Å². The largest absolute Gasteiger partial charge is 0.306 e. The van der Waals surface area contributed by atoms with Gasteiger partial charge in [0.25, 0.3) is 0 Å². The third-order valence-corrected chi connectivity index (χ3v) is 4.96. The van der Waals surface area contributed by atoms with Crippen molar-refractivity contribution in [3.05, 3.63) is 77.8 Å². The van der Waals surface area contributed by atoms with Crippen LogP contribution in [0.15, 0.2) is 67.3 Å². The van der Waals surface area contributed by atoms with Crippen molar-refractivity contribution in [1.29, 1.82) is 0 Å². The third-order valence-electron chi connectivity index (χ3n) is 3.49. The fraction of sp³-hybridized carbons (Fsp3) is 0. The van der Waals surface area contributed by atoms with E-state index in [2.05, 4.69) is 16.0 Å². The van der Waals surface area contributed by atoms with Crippen molar-refractivity contribution in [2.75, 3.05) is 0 Å². The van der Waals surface area contributed by atoms with Crippen LogP contribution in [0.25, 0.3) is 27.0 Å². The van der Waals surface area contributed by atoms with Gasteiger partial charge in [-0.1, -0.05) is 35.9 Å². The van der Waals surface area contributed by atoms with Crippen LogP contribution in [-0.2, 0) is 0 Å². The second-order valence-electron chi connectivity index (χ2n) is 5.04. The second-order valence-corrected chi connectivity index (χ2v) is 6.48. The monoisotopic (exact) mass is 337 g/mol. The van der Waals surface area contributed by atoms with Gasteiger partial charge < -0.3 is 4.57 Å². The summed E-state index contributed by atoms with van der Waals surface area (Å²) in [6, 6.07) is 16.2. The maximum absolute atomic E-state index is 6.45. The van der Waals surface area contributed by atoms with Crippen LogP contribution in [0.2, 0.25) is 0 Å². The normalized spacial score (nSPS) is 12.0. The zero-order valence-corrected chi connectivity index (χ0v) is 13.6. The average Bonchev–Trinajstić information content (AvgIpc) is 3.25. The molecule has 2 heterocycles. The molecule has 5 heteroatoms. The van der Waals surface area contributed by atoms with Crippen LogP contribution in [0.1, 0.15) is 10.6 Å². The van der Waals surface area contributed by atoms with Gasteiger partial charge in [0, 0.05) is 18.1 Å². The molecule has 0 aliphatic heterocycles. The summed E-state index contributed by atoms with van der Waals surface area (Å²) in [5, 5.41) is 1.49. The van der Waals surface area contributed by atoms with E-state index in [1.54, 1.807) is 23.9 Å². The summed E-state index contributed by atoms with van der Waals surface area (Å²) in [7, 11) is 0. The summed E-state index contributed by atoms with van der Waals surface area (Å²) in [5.41, 5.74) is 3.09. The fourth-order valence-corrected chi connectivity index (χ4v) is 3.49. The van der Waals surface area contributed by atoms with Crippen molar-refractivity contribution >= 4 is 44.3 Å². The van der Waals surface area contributed by atoms with Crippen LogP contribution in [0.3, 0.4) is 0 Å². The van der Waals surface area contributed by atoms with Gasteiger partial charge in [-0.05, 0) is 35.9 Å². The minimum absolute atomic E-state index is 0.654. The van der Waals surface area contributed by atoms with Crippen molar-refractivity contribution in [2.45, 2.75) is 0 Å². The molecule has 0 saturated heterocycles. The average molecular weight is 338 g/mol. The molecule has 3 nitrogen and oxygen atoms in total. The molecule has 0 N–H and O–H groups in total. The Morgan fingerprint density at radius 2 is 1.91 bits per heavy atom. The van der Waals surface area contributed by atoms with Gasteiger partial charge in [0.15, 0.2) is 0 Å². The molecule has 0 saturated carbocycles. The van der Waals surface area contributed by atoms with Crippen molar-refractivity contribution in [3.8, 4) is 5.69 Å². The summed E-state index contributed by atoms with van der Waals surface area (Å²) in [4.78, 5) is 8.63. The Morgan fingerprint density at radius 3 is 2.65 bits per heavy atom. The van der Waals surface area contributed by atoms with Gasteiger partial charge in [-0.15, -0.1) is 11.3 Å². The Bertz CT molecular complexity index is 936. The standard InChI is InChI=1S/C18H12ClN3S/c19-15(18-21-16-3-1-2-4-17(16)23-18)11-13-5-7-14(8-6-13)22-10-9-20-12-22/h1-12H. The molecule has 0 radical (unpaired) electrons. The van der Waals surface area contributed by atoms with Crippen molar-refractivity contribution in [1.82, 2.24) is 14.5 Å². The number of imidazole rings is 1. The van der Waals surface area contributed by atoms with Crippen LogP contribution in [-0.4, -0.2) is 14.5 Å². The Morgan fingerprint density at radius 1 is 1.09 bits per heavy atom. The van der Waals surface area contributed by atoms with Crippen LogP contribution < -0.4 is 0 Å². The first-order valence-corrected chi connectivity index (χ1v) is 8.30. The molecule has 0 fully saturated rings. The first-order valence-electron chi connectivity index (χ1n) is 7.11. The summed E-state index contributed by atoms with van der Waals surface area (Å²) < 4.78 is 3.10. The topological polar surface area (TPSA) is 30.7 Å². The van der Waals surface area contributed by atoms with Gasteiger partial charge in [-0.25, -0.2) is 9.97 Å². The lowest BCUT2D eigenvalue weighted by atomic mass is 10.2. The van der Waals surface area contributed by atoms with Gasteiger partial charge in [-0.2, -0.15) is 0 Å². The number of rotatable bonds is 3. The highest BCUT2D eigenvalue weighted by Gasteiger charge is 2.06. The zero-order valence-electron chi connectivity index (χ0n) is 12.1. The van der Waals surface area contributed by atoms with Crippen LogP contribution in [0, 0.1) is 0 Å². The zero-order chi connectivity index (χ0) is 15.6. The SMILES string of the molecule is ClC(=Cc1ccc(-n2ccnc2)cc1)c1nc2ccccc2s1. The second kappa shape index (κ2) is 5.99. The molecule has 0 atom stereocenters. The molecule has 0 aliphatic rings. The van der Waals surface area contributed by atoms with Crippen molar-refractivity contribution < 1.29 is 0 Å². The molecule has 0 unspecified atom stereocenters. The van der Waals surface area contributed by atoms with E-state index in [0.717, 1.165) is 26.5 Å². The molecule has 4 aromatic rings. The van der Waals surface area contributed by atoms with E-state index in [-0.39, 0.29) is 0 Å². The number of halogens is 1. The van der Waals surface area contributed by atoms with Gasteiger partial charge in [0.2, 0.25) is 0 Å². The van der Waals surface area contributed by atoms with Gasteiger partial charge in [-0.3, -0.25) is 0 Å². The van der Waals surface area contributed by atoms with Gasteiger partial charge in [0.05, 0.1) is 21.6 Å². The number of hydrogen-bond acceptors (Lipinski definition) is 3. The summed E-state index contributed by atoms with van der Waals surface area (Å²) in [5.74, 6) is 0. The van der Waals surface area contributed by atoms with E-state index in [1.807, 2.05) is 59.3 Å². The van der Waals surface area contributed by atoms with Crippen molar-refractivity contribution in [2.24, 2.45) is 0 Å². The molecular formula is C18H12ClN3S. The third kappa shape index (κ3) is 2.91. The molecule has 0 spiro atoms. The number of para-hydroxylation sites is 1. The number of fused-ring (bicyclic) bond motifs is 1. The lowest BCUT2D eigenvalue weighted by molar-refractivity contribution is 1.06. The smallest absolute Gasteiger partial charge is 0.136 e. The molecule has 4 rings (SSSR count). The first-order chi connectivity index (χ1) is 11.3. The Labute approximate surface area is 142 Å². The molecule has 0 aliphatic carbocycles. The van der Waals surface area contributed by atoms with Crippen LogP contribution >= 0.6 is 22.9 Å². The van der Waals surface area contributed by atoms with Gasteiger partial charge in [0.1, 0.15) is 5.01 Å². The predicted molar refractivity (Wildman–Crippen MR) is 96.9 cm³/mol. The Balaban J connectivity index is 1.63. The van der Waals surface area contributed by atoms with E-state index in [4.69, 9.17) is 11.6 Å². The highest BCUT2D eigenvalue weighted by molar-refractivity contribution is 7.20. The lowest BCUT2D eigenvalue weighted by Crippen LogP contribution is -1.89. The van der Waals surface area contributed by atoms with E-state index in [9.17, 15) is 0 Å². The number of thiazole rings is 1. The minimum atomic E-state index is 0.654. The maximum atomic E-state index is 6.45. The molecular weight excluding hydrogens is 326 g/mol. The van der Waals surface area contributed by atoms with E-state index >= 15 is 0 Å². The number of nitrogens with zero attached hydrogens (tertiary/aromatic N) is 3. The summed E-state index contributed by atoms with van der Waals surface area (Å²) >= 11 is 8.05. The summed E-state index contributed by atoms with van der Waals surface area (Å²) in [6.45, 7) is 0. The molecule has 0 bridgehead atoms. The lowest BCUT2D eigenvalue weighted by Gasteiger charge is -2.02. The highest BCUT2D eigenvalue weighted by atomic mass is 35.5. The number of benzene rings is 2.